The molecule has 2 aliphatic carbocycles. The summed E-state index contributed by atoms with van der Waals surface area (Å²) in [5.41, 5.74) is 7.16. The minimum atomic E-state index is -0.566. The first kappa shape index (κ1) is 19.6. The van der Waals surface area contributed by atoms with E-state index in [1.165, 1.54) is 19.8 Å². The Labute approximate surface area is 164 Å². The fraction of sp³-hybridized carbons (Fsp3) is 0.250. The molecule has 144 valence electrons. The first-order valence-electron chi connectivity index (χ1n) is 9.10. The van der Waals surface area contributed by atoms with E-state index < -0.39 is 11.9 Å². The molecule has 1 aromatic carbocycles. The van der Waals surface area contributed by atoms with Crippen molar-refractivity contribution >= 4 is 23.6 Å². The SMILES string of the molecule is COC(=O)c1cc2c(cc1C(=O)OC)=C1C(C)=CC(C)=CC(C)=C1C(C)=CC=2. The molecular weight excluding hydrogens is 352 g/mol. The lowest BCUT2D eigenvalue weighted by atomic mass is 9.89. The summed E-state index contributed by atoms with van der Waals surface area (Å²) >= 11 is 0. The van der Waals surface area contributed by atoms with Crippen molar-refractivity contribution in [1.82, 2.24) is 0 Å². The summed E-state index contributed by atoms with van der Waals surface area (Å²) in [4.78, 5) is 24.7. The molecule has 0 aromatic heterocycles. The summed E-state index contributed by atoms with van der Waals surface area (Å²) in [5, 5.41) is 1.75. The van der Waals surface area contributed by atoms with Crippen LogP contribution in [0.15, 0.2) is 58.2 Å². The van der Waals surface area contributed by atoms with Crippen LogP contribution in [0.25, 0.3) is 11.6 Å². The molecule has 0 saturated carbocycles. The maximum atomic E-state index is 12.4. The molecule has 0 amide bonds. The molecule has 0 fully saturated rings. The summed E-state index contributed by atoms with van der Waals surface area (Å²) < 4.78 is 9.81. The van der Waals surface area contributed by atoms with Crippen molar-refractivity contribution in [3.8, 4) is 0 Å². The number of esters is 2. The lowest BCUT2D eigenvalue weighted by Gasteiger charge is -2.15. The molecule has 28 heavy (non-hydrogen) atoms. The Hall–Kier alpha value is -3.14. The lowest BCUT2D eigenvalue weighted by Crippen LogP contribution is -2.31. The zero-order chi connectivity index (χ0) is 20.6. The third kappa shape index (κ3) is 3.26. The lowest BCUT2D eigenvalue weighted by molar-refractivity contribution is 0.0555. The number of benzene rings is 1. The van der Waals surface area contributed by atoms with Crippen LogP contribution in [0, 0.1) is 0 Å². The van der Waals surface area contributed by atoms with Gasteiger partial charge >= 0.3 is 11.9 Å². The summed E-state index contributed by atoms with van der Waals surface area (Å²) in [6, 6.07) is 3.46. The molecule has 1 aromatic rings. The normalized spacial score (nSPS) is 15.8. The molecule has 0 saturated heterocycles. The molecule has 0 bridgehead atoms. The smallest absolute Gasteiger partial charge is 0.338 e. The van der Waals surface area contributed by atoms with Crippen molar-refractivity contribution in [1.29, 1.82) is 0 Å². The predicted octanol–water partition coefficient (Wildman–Crippen LogP) is 3.37. The average molecular weight is 376 g/mol. The van der Waals surface area contributed by atoms with Gasteiger partial charge in [0.2, 0.25) is 0 Å². The second-order valence-corrected chi connectivity index (χ2v) is 7.13. The van der Waals surface area contributed by atoms with E-state index in [-0.39, 0.29) is 11.1 Å². The fourth-order valence-electron chi connectivity index (χ4n) is 3.95. The second-order valence-electron chi connectivity index (χ2n) is 7.13. The number of fused-ring (bicyclic) bond motifs is 2. The number of ether oxygens (including phenoxy) is 2. The van der Waals surface area contributed by atoms with E-state index in [0.29, 0.717) is 0 Å². The summed E-state index contributed by atoms with van der Waals surface area (Å²) in [6.45, 7) is 8.31. The number of methoxy groups -OCH3 is 2. The first-order valence-corrected chi connectivity index (χ1v) is 9.10. The maximum absolute atomic E-state index is 12.4. The highest BCUT2D eigenvalue weighted by Gasteiger charge is 2.23. The molecule has 2 aliphatic rings. The van der Waals surface area contributed by atoms with E-state index >= 15 is 0 Å². The number of carbonyl (C=O) groups is 2. The van der Waals surface area contributed by atoms with Crippen LogP contribution in [0.2, 0.25) is 0 Å². The molecule has 4 heteroatoms. The van der Waals surface area contributed by atoms with Gasteiger partial charge in [0.1, 0.15) is 0 Å². The zero-order valence-corrected chi connectivity index (χ0v) is 17.1. The molecule has 0 spiro atoms. The van der Waals surface area contributed by atoms with Crippen molar-refractivity contribution < 1.29 is 19.1 Å². The van der Waals surface area contributed by atoms with Crippen molar-refractivity contribution in [2.75, 3.05) is 14.2 Å². The summed E-state index contributed by atoms with van der Waals surface area (Å²) in [6.07, 6.45) is 8.33. The van der Waals surface area contributed by atoms with Gasteiger partial charge in [-0.15, -0.1) is 0 Å². The van der Waals surface area contributed by atoms with Crippen molar-refractivity contribution in [2.45, 2.75) is 27.7 Å². The van der Waals surface area contributed by atoms with E-state index in [4.69, 9.17) is 9.47 Å². The topological polar surface area (TPSA) is 52.6 Å². The Balaban J connectivity index is 2.55. The Morgan fingerprint density at radius 3 is 1.96 bits per heavy atom. The van der Waals surface area contributed by atoms with E-state index in [1.54, 1.807) is 12.1 Å². The van der Waals surface area contributed by atoms with Crippen LogP contribution in [-0.4, -0.2) is 26.2 Å². The van der Waals surface area contributed by atoms with Crippen molar-refractivity contribution in [2.24, 2.45) is 0 Å². The Bertz CT molecular complexity index is 1140. The molecule has 0 radical (unpaired) electrons. The third-order valence-corrected chi connectivity index (χ3v) is 5.10. The summed E-state index contributed by atoms with van der Waals surface area (Å²) in [7, 11) is 2.61. The monoisotopic (exact) mass is 376 g/mol. The molecule has 0 unspecified atom stereocenters. The van der Waals surface area contributed by atoms with Gasteiger partial charge in [0, 0.05) is 0 Å². The van der Waals surface area contributed by atoms with E-state index in [2.05, 4.69) is 39.8 Å². The Morgan fingerprint density at radius 1 is 0.750 bits per heavy atom. The van der Waals surface area contributed by atoms with Crippen LogP contribution in [-0.2, 0) is 9.47 Å². The quantitative estimate of drug-likeness (QED) is 0.743. The van der Waals surface area contributed by atoms with Gasteiger partial charge in [0.25, 0.3) is 0 Å². The molecule has 4 nitrogen and oxygen atoms in total. The number of allylic oxidation sites excluding steroid dienone is 8. The fourth-order valence-corrected chi connectivity index (χ4v) is 3.95. The van der Waals surface area contributed by atoms with E-state index in [9.17, 15) is 9.59 Å². The highest BCUT2D eigenvalue weighted by atomic mass is 16.5. The first-order chi connectivity index (χ1) is 13.3. The number of hydrogen-bond donors (Lipinski definition) is 0. The van der Waals surface area contributed by atoms with Gasteiger partial charge in [-0.05, 0) is 78.1 Å². The third-order valence-electron chi connectivity index (χ3n) is 5.10. The Kier molecular flexibility index (Phi) is 5.23. The van der Waals surface area contributed by atoms with Crippen LogP contribution in [0.1, 0.15) is 48.4 Å². The van der Waals surface area contributed by atoms with Gasteiger partial charge in [-0.2, -0.15) is 0 Å². The van der Waals surface area contributed by atoms with Gasteiger partial charge in [-0.25, -0.2) is 9.59 Å². The molecule has 0 N–H and O–H groups in total. The van der Waals surface area contributed by atoms with Gasteiger partial charge < -0.3 is 9.47 Å². The summed E-state index contributed by atoms with van der Waals surface area (Å²) in [5.74, 6) is -1.13. The highest BCUT2D eigenvalue weighted by Crippen LogP contribution is 2.33. The number of carbonyl (C=O) groups excluding carboxylic acids is 2. The number of rotatable bonds is 2. The molecule has 0 atom stereocenters. The zero-order valence-electron chi connectivity index (χ0n) is 17.1. The average Bonchev–Trinajstić information content (AvgIpc) is 2.88. The largest absolute Gasteiger partial charge is 0.465 e. The maximum Gasteiger partial charge on any atom is 0.338 e. The highest BCUT2D eigenvalue weighted by molar-refractivity contribution is 6.03. The van der Waals surface area contributed by atoms with Crippen LogP contribution in [0.3, 0.4) is 0 Å². The second kappa shape index (κ2) is 7.47. The van der Waals surface area contributed by atoms with Crippen molar-refractivity contribution in [3.05, 3.63) is 79.8 Å². The van der Waals surface area contributed by atoms with E-state index in [0.717, 1.165) is 38.3 Å². The van der Waals surface area contributed by atoms with Gasteiger partial charge in [-0.1, -0.05) is 29.9 Å². The van der Waals surface area contributed by atoms with Crippen molar-refractivity contribution in [3.63, 3.8) is 0 Å². The standard InChI is InChI=1S/C24H24O4/c1-13-9-15(3)21-14(2)7-8-17-11-19(23(25)27-5)20(24(26)28-6)12-18(17)22(21)16(4)10-13/h7-12H,1-6H3. The molecular formula is C24H24O4. The molecule has 3 rings (SSSR count). The van der Waals surface area contributed by atoms with Gasteiger partial charge in [0.05, 0.1) is 25.3 Å². The predicted molar refractivity (Wildman–Crippen MR) is 110 cm³/mol. The van der Waals surface area contributed by atoms with Crippen LogP contribution in [0.4, 0.5) is 0 Å². The van der Waals surface area contributed by atoms with E-state index in [1.807, 2.05) is 12.2 Å². The van der Waals surface area contributed by atoms with Gasteiger partial charge in [-0.3, -0.25) is 0 Å². The minimum absolute atomic E-state index is 0.199. The minimum Gasteiger partial charge on any atom is -0.465 e. The number of hydrogen-bond acceptors (Lipinski definition) is 4. The molecule has 0 heterocycles. The van der Waals surface area contributed by atoms with Gasteiger partial charge in [0.15, 0.2) is 0 Å². The van der Waals surface area contributed by atoms with Crippen LogP contribution >= 0.6 is 0 Å². The van der Waals surface area contributed by atoms with Crippen LogP contribution < -0.4 is 10.4 Å². The molecule has 0 aliphatic heterocycles. The van der Waals surface area contributed by atoms with Crippen LogP contribution in [0.5, 0.6) is 0 Å². The Morgan fingerprint density at radius 2 is 1.36 bits per heavy atom.